The van der Waals surface area contributed by atoms with Gasteiger partial charge in [0, 0.05) is 14.2 Å². The van der Waals surface area contributed by atoms with E-state index in [1.165, 1.54) is 27.1 Å². The third kappa shape index (κ3) is 11.1. The summed E-state index contributed by atoms with van der Waals surface area (Å²) in [7, 11) is -15.2. The number of hydrogen-bond donors (Lipinski definition) is 8. The molecule has 9 heterocycles. The highest BCUT2D eigenvalue weighted by molar-refractivity contribution is 8.06. The monoisotopic (exact) mass is 1170 g/mol. The number of imidazole rings is 3. The van der Waals surface area contributed by atoms with Crippen LogP contribution in [0.1, 0.15) is 18.7 Å². The Hall–Kier alpha value is -4.73. The lowest BCUT2D eigenvalue weighted by Crippen LogP contribution is -2.46. The zero-order valence-corrected chi connectivity index (χ0v) is 43.2. The lowest BCUT2D eigenvalue weighted by atomic mass is 10.1. The summed E-state index contributed by atoms with van der Waals surface area (Å²) in [5.41, 5.74) is 15.7. The minimum absolute atomic E-state index is 0.00546. The number of anilines is 3. The number of methoxy groups -OCH3 is 2. The second kappa shape index (κ2) is 21.1. The van der Waals surface area contributed by atoms with Crippen molar-refractivity contribution in [3.8, 4) is 0 Å². The number of H-pyrrole nitrogens is 2. The number of phosphoric acid groups is 3. The Bertz CT molecular complexity index is 3490. The van der Waals surface area contributed by atoms with E-state index in [-0.39, 0.29) is 51.2 Å². The predicted molar refractivity (Wildman–Crippen MR) is 242 cm³/mol. The summed E-state index contributed by atoms with van der Waals surface area (Å²) < 4.78 is 101. The molecule has 0 saturated carbocycles. The van der Waals surface area contributed by atoms with E-state index in [1.807, 2.05) is 0 Å². The molecule has 16 atom stereocenters. The topological polar surface area (TPSA) is 545 Å². The third-order valence-electron chi connectivity index (χ3n) is 11.8. The first-order valence-corrected chi connectivity index (χ1v) is 28.4. The molecule has 43 heteroatoms. The molecule has 0 spiro atoms. The maximum Gasteiger partial charge on any atom is 0.313 e. The number of phosphoric ester groups is 2. The molecule has 0 radical (unpaired) electrons. The van der Waals surface area contributed by atoms with Crippen molar-refractivity contribution in [3.63, 3.8) is 0 Å². The summed E-state index contributed by atoms with van der Waals surface area (Å²) in [6.07, 6.45) is -14.3. The zero-order chi connectivity index (χ0) is 55.0. The van der Waals surface area contributed by atoms with Crippen LogP contribution in [0.5, 0.6) is 0 Å². The van der Waals surface area contributed by atoms with Crippen molar-refractivity contribution in [1.29, 1.82) is 0 Å². The first kappa shape index (κ1) is 56.0. The largest absolute Gasteiger partial charge is 0.780 e. The molecule has 0 amide bonds. The molecule has 11 N–H and O–H groups in total. The number of nitrogen functional groups attached to an aromatic ring is 3. The molecule has 0 aromatic carbocycles. The first-order valence-electron chi connectivity index (χ1n) is 21.5. The number of aryl methyl sites for hydroxylation is 1. The van der Waals surface area contributed by atoms with Crippen LogP contribution >= 0.6 is 30.2 Å². The van der Waals surface area contributed by atoms with Crippen molar-refractivity contribution < 1.29 is 104 Å². The van der Waals surface area contributed by atoms with E-state index in [2.05, 4.69) is 53.0 Å². The summed E-state index contributed by atoms with van der Waals surface area (Å²) in [5, 5.41) is 32.9. The van der Waals surface area contributed by atoms with Gasteiger partial charge >= 0.3 is 5.65 Å². The van der Waals surface area contributed by atoms with Gasteiger partial charge in [0.1, 0.15) is 73.5 Å². The van der Waals surface area contributed by atoms with Crippen LogP contribution in [0.25, 0.3) is 33.5 Å². The Balaban J connectivity index is 0.866. The highest BCUT2D eigenvalue weighted by atomic mass is 32.5. The van der Waals surface area contributed by atoms with Gasteiger partial charge in [-0.1, -0.05) is 16.8 Å². The molecule has 6 aromatic rings. The quantitative estimate of drug-likeness (QED) is 0.0260. The number of nitrogens with zero attached hydrogens (tertiary/aromatic N) is 10. The van der Waals surface area contributed by atoms with Gasteiger partial charge in [-0.15, -0.1) is 0 Å². The Kier molecular flexibility index (Phi) is 15.6. The highest BCUT2D eigenvalue weighted by Crippen LogP contribution is 2.63. The summed E-state index contributed by atoms with van der Waals surface area (Å²) in [4.78, 5) is 106. The Morgan fingerprint density at radius 3 is 1.95 bits per heavy atom. The van der Waals surface area contributed by atoms with Crippen molar-refractivity contribution in [1.82, 2.24) is 53.6 Å². The second-order valence-corrected chi connectivity index (χ2v) is 23.8. The molecule has 16 unspecified atom stereocenters. The average molecular weight is 1170 g/mol. The van der Waals surface area contributed by atoms with E-state index in [9.17, 15) is 58.2 Å². The van der Waals surface area contributed by atoms with Gasteiger partial charge in [-0.25, -0.2) is 33.1 Å². The Labute approximate surface area is 427 Å². The number of rotatable bonds is 20. The van der Waals surface area contributed by atoms with E-state index in [0.717, 1.165) is 37.8 Å². The lowest BCUT2D eigenvalue weighted by Gasteiger charge is -2.36. The fourth-order valence-corrected chi connectivity index (χ4v) is 13.3. The van der Waals surface area contributed by atoms with Crippen LogP contribution in [0.15, 0.2) is 34.9 Å². The van der Waals surface area contributed by atoms with Gasteiger partial charge in [0.2, 0.25) is 17.7 Å². The predicted octanol–water partition coefficient (Wildman–Crippen LogP) is -6.47. The molecular formula is C33H42N15O23P4S-3. The van der Waals surface area contributed by atoms with Gasteiger partial charge in [-0.2, -0.15) is 4.98 Å². The maximum atomic E-state index is 13.9. The van der Waals surface area contributed by atoms with E-state index in [1.54, 1.807) is 0 Å². The van der Waals surface area contributed by atoms with Crippen molar-refractivity contribution in [3.05, 3.63) is 46.0 Å². The molecular weight excluding hydrogens is 1130 g/mol. The molecule has 6 aromatic heterocycles. The number of aliphatic hydroxyl groups excluding tert-OH is 3. The Morgan fingerprint density at radius 1 is 0.711 bits per heavy atom. The molecule has 416 valence electrons. The minimum atomic E-state index is -6.53. The van der Waals surface area contributed by atoms with Gasteiger partial charge in [0.25, 0.3) is 40.5 Å². The highest BCUT2D eigenvalue weighted by Gasteiger charge is 2.51. The normalized spacial score (nSPS) is 30.2. The van der Waals surface area contributed by atoms with Crippen molar-refractivity contribution >= 4 is 93.2 Å². The fraction of sp³-hybridized carbons (Fsp3) is 0.545. The van der Waals surface area contributed by atoms with Crippen LogP contribution in [0, 0.1) is 0 Å². The van der Waals surface area contributed by atoms with Crippen LogP contribution in [0.2, 0.25) is 0 Å². The molecule has 0 aliphatic carbocycles. The average Bonchev–Trinajstić information content (AvgIpc) is 4.18. The molecule has 0 bridgehead atoms. The fourth-order valence-electron chi connectivity index (χ4n) is 8.54. The van der Waals surface area contributed by atoms with Crippen LogP contribution in [0.3, 0.4) is 0 Å². The third-order valence-corrected chi connectivity index (χ3v) is 17.4. The Morgan fingerprint density at radius 2 is 1.29 bits per heavy atom. The van der Waals surface area contributed by atoms with E-state index in [4.69, 9.17) is 66.3 Å². The minimum Gasteiger partial charge on any atom is -0.780 e. The standard InChI is InChI=1S/C33H45N15O23P4S/c1-45-10-48(26-16(45)28(53)44-33(36)42-26)30-19(51)20(61-2)12(67-30)5-63-72(54,55)70-74(58,59)71-73(56,57)64-6-13-21(22(62-3)31(68-13)46-8-39-14-23(34)37-7-38-24(14)46)69-75(60,76)65-4-11-17(49)18(50)29(66-11)47-9-40-15-25(47)41-32(35)43-27(15)52/h7-13,17-22,29-31,49-51H,4-6H2,1-3H3,(H11-,34,35,36,37,38,41,42,43,44,52,53,54,55,56,57,58,59,60,76)/p-3. The van der Waals surface area contributed by atoms with E-state index >= 15 is 0 Å². The number of nitrogens with two attached hydrogens (primary N) is 3. The number of fused-ring (bicyclic) bond motifs is 3. The molecule has 3 aliphatic heterocycles. The van der Waals surface area contributed by atoms with Crippen LogP contribution < -0.4 is 52.5 Å². The number of aliphatic hydroxyl groups is 3. The molecule has 76 heavy (non-hydrogen) atoms. The summed E-state index contributed by atoms with van der Waals surface area (Å²) in [6.45, 7) is -8.15. The number of nitrogens with one attached hydrogen (secondary N) is 2. The molecule has 3 saturated heterocycles. The number of ether oxygens (including phenoxy) is 5. The SMILES string of the molecule is COC1C(COP(=O)([O-])OP(=O)([O-])OP(=O)([O-])OCC2OC(n3cnc4c(N)ncnc43)C(OC)C2OP([O-])(=S)OCC2OC(n3cnc4c(=O)[nH]c(N)nc43)C(O)C2O)OC([n+]2cn(C)c3c(=O)[nH]c(N)nc32)C1O. The summed E-state index contributed by atoms with van der Waals surface area (Å²) >= 11 is 5.15. The van der Waals surface area contributed by atoms with Gasteiger partial charge in [0.05, 0.1) is 39.5 Å². The second-order valence-electron chi connectivity index (χ2n) is 16.6. The maximum absolute atomic E-state index is 13.9. The summed E-state index contributed by atoms with van der Waals surface area (Å²) in [6, 6.07) is 0. The van der Waals surface area contributed by atoms with Gasteiger partial charge in [0.15, 0.2) is 41.4 Å². The van der Waals surface area contributed by atoms with Crippen molar-refractivity contribution in [2.24, 2.45) is 7.05 Å². The summed E-state index contributed by atoms with van der Waals surface area (Å²) in [5.74, 6) is -0.669. The van der Waals surface area contributed by atoms with Gasteiger partial charge < -0.3 is 93.9 Å². The lowest BCUT2D eigenvalue weighted by molar-refractivity contribution is -0.745. The van der Waals surface area contributed by atoms with Crippen LogP contribution in [0.4, 0.5) is 17.7 Å². The van der Waals surface area contributed by atoms with Gasteiger partial charge in [-0.3, -0.25) is 47.0 Å². The van der Waals surface area contributed by atoms with Crippen molar-refractivity contribution in [2.45, 2.75) is 73.6 Å². The number of aromatic amines is 2. The zero-order valence-electron chi connectivity index (χ0n) is 38.8. The number of hydrogen-bond acceptors (Lipinski definition) is 33. The smallest absolute Gasteiger partial charge is 0.313 e. The van der Waals surface area contributed by atoms with Gasteiger partial charge in [-0.05, 0) is 0 Å². The number of aromatic nitrogens is 12. The van der Waals surface area contributed by atoms with E-state index < -0.39 is 135 Å². The molecule has 3 aliphatic rings. The molecule has 9 rings (SSSR count). The molecule has 3 fully saturated rings. The van der Waals surface area contributed by atoms with Crippen molar-refractivity contribution in [2.75, 3.05) is 51.2 Å². The molecule has 38 nitrogen and oxygen atoms in total. The van der Waals surface area contributed by atoms with E-state index in [0.29, 0.717) is 0 Å². The first-order chi connectivity index (χ1) is 35.7. The van der Waals surface area contributed by atoms with Crippen LogP contribution in [-0.4, -0.2) is 158 Å². The van der Waals surface area contributed by atoms with Crippen LogP contribution in [-0.2, 0) is 83.0 Å².